The van der Waals surface area contributed by atoms with Crippen molar-refractivity contribution in [1.29, 1.82) is 0 Å². The smallest absolute Gasteiger partial charge is 0.326 e. The molecule has 0 aromatic rings. The third-order valence-electron chi connectivity index (χ3n) is 3.63. The van der Waals surface area contributed by atoms with Gasteiger partial charge in [-0.2, -0.15) is 0 Å². The molecule has 2 N–H and O–H groups in total. The van der Waals surface area contributed by atoms with Crippen LogP contribution in [0.15, 0.2) is 0 Å². The highest BCUT2D eigenvalue weighted by molar-refractivity contribution is 5.81. The van der Waals surface area contributed by atoms with Crippen molar-refractivity contribution in [1.82, 2.24) is 4.90 Å². The second kappa shape index (κ2) is 3.51. The van der Waals surface area contributed by atoms with Gasteiger partial charge in [-0.25, -0.2) is 0 Å². The molecule has 0 aromatic carbocycles. The number of nitrogens with zero attached hydrogens (tertiary/aromatic N) is 1. The van der Waals surface area contributed by atoms with Crippen molar-refractivity contribution >= 4 is 5.97 Å². The van der Waals surface area contributed by atoms with Gasteiger partial charge >= 0.3 is 5.97 Å². The van der Waals surface area contributed by atoms with Crippen LogP contribution in [-0.4, -0.2) is 43.2 Å². The van der Waals surface area contributed by atoms with Gasteiger partial charge in [0.25, 0.3) is 0 Å². The number of fused-ring (bicyclic) bond motifs is 2. The van der Waals surface area contributed by atoms with Crippen molar-refractivity contribution in [3.8, 4) is 0 Å². The van der Waals surface area contributed by atoms with E-state index in [1.165, 1.54) is 7.11 Å². The van der Waals surface area contributed by atoms with E-state index in [0.717, 1.165) is 38.9 Å². The molecule has 0 aliphatic carbocycles. The van der Waals surface area contributed by atoms with Gasteiger partial charge in [0, 0.05) is 12.5 Å². The molecule has 14 heavy (non-hydrogen) atoms. The van der Waals surface area contributed by atoms with E-state index in [1.807, 2.05) is 0 Å². The first-order valence-electron chi connectivity index (χ1n) is 5.26. The number of carbonyl (C=O) groups excluding carboxylic acids is 1. The Morgan fingerprint density at radius 2 is 2.36 bits per heavy atom. The van der Waals surface area contributed by atoms with Crippen LogP contribution in [0.3, 0.4) is 0 Å². The van der Waals surface area contributed by atoms with Crippen LogP contribution >= 0.6 is 0 Å². The second-order valence-corrected chi connectivity index (χ2v) is 4.42. The first kappa shape index (κ1) is 9.93. The Kier molecular flexibility index (Phi) is 2.49. The molecule has 2 aliphatic heterocycles. The highest BCUT2D eigenvalue weighted by Crippen LogP contribution is 2.33. The molecule has 2 bridgehead atoms. The summed E-state index contributed by atoms with van der Waals surface area (Å²) in [6.07, 6.45) is 2.80. The quantitative estimate of drug-likeness (QED) is 0.601. The van der Waals surface area contributed by atoms with Crippen LogP contribution in [0.5, 0.6) is 0 Å². The zero-order chi connectivity index (χ0) is 10.2. The van der Waals surface area contributed by atoms with E-state index in [0.29, 0.717) is 0 Å². The zero-order valence-electron chi connectivity index (χ0n) is 8.66. The summed E-state index contributed by atoms with van der Waals surface area (Å²) in [6.45, 7) is 3.12. The van der Waals surface area contributed by atoms with E-state index in [1.54, 1.807) is 0 Å². The molecule has 0 aromatic heterocycles. The van der Waals surface area contributed by atoms with Gasteiger partial charge in [0.05, 0.1) is 7.11 Å². The number of methoxy groups -OCH3 is 1. The highest BCUT2D eigenvalue weighted by Gasteiger charge is 2.47. The molecule has 80 valence electrons. The minimum absolute atomic E-state index is 0.230. The highest BCUT2D eigenvalue weighted by atomic mass is 16.5. The molecule has 4 heteroatoms. The van der Waals surface area contributed by atoms with Gasteiger partial charge in [0.1, 0.15) is 5.54 Å². The summed E-state index contributed by atoms with van der Waals surface area (Å²) in [4.78, 5) is 14.1. The topological polar surface area (TPSA) is 55.6 Å². The van der Waals surface area contributed by atoms with Gasteiger partial charge < -0.3 is 15.4 Å². The van der Waals surface area contributed by atoms with Gasteiger partial charge in [0.2, 0.25) is 0 Å². The molecule has 0 radical (unpaired) electrons. The van der Waals surface area contributed by atoms with Crippen molar-refractivity contribution in [2.24, 2.45) is 11.7 Å². The van der Waals surface area contributed by atoms with Crippen LogP contribution < -0.4 is 5.73 Å². The minimum atomic E-state index is -0.722. The van der Waals surface area contributed by atoms with Crippen molar-refractivity contribution in [3.63, 3.8) is 0 Å². The molecule has 2 heterocycles. The maximum atomic E-state index is 11.7. The van der Waals surface area contributed by atoms with Crippen LogP contribution in [-0.2, 0) is 9.53 Å². The lowest BCUT2D eigenvalue weighted by atomic mass is 9.81. The largest absolute Gasteiger partial charge is 0.468 e. The van der Waals surface area contributed by atoms with Crippen molar-refractivity contribution in [3.05, 3.63) is 0 Å². The molecule has 2 fully saturated rings. The summed E-state index contributed by atoms with van der Waals surface area (Å²) in [6, 6.07) is 0. The van der Waals surface area contributed by atoms with Crippen LogP contribution in [0, 0.1) is 5.92 Å². The average Bonchev–Trinajstić information content (AvgIpc) is 2.57. The van der Waals surface area contributed by atoms with Crippen molar-refractivity contribution in [2.75, 3.05) is 26.7 Å². The third-order valence-corrected chi connectivity index (χ3v) is 3.63. The van der Waals surface area contributed by atoms with Gasteiger partial charge in [-0.1, -0.05) is 0 Å². The Labute approximate surface area is 84.4 Å². The Morgan fingerprint density at radius 3 is 3.07 bits per heavy atom. The van der Waals surface area contributed by atoms with E-state index in [4.69, 9.17) is 10.5 Å². The Hall–Kier alpha value is -0.610. The fourth-order valence-electron chi connectivity index (χ4n) is 2.71. The number of nitrogens with two attached hydrogens (primary N) is 1. The number of esters is 1. The number of hydrogen-bond donors (Lipinski definition) is 1. The first-order chi connectivity index (χ1) is 6.66. The molecule has 3 unspecified atom stereocenters. The van der Waals surface area contributed by atoms with E-state index in [9.17, 15) is 4.79 Å². The maximum absolute atomic E-state index is 11.7. The van der Waals surface area contributed by atoms with Gasteiger partial charge in [-0.15, -0.1) is 0 Å². The second-order valence-electron chi connectivity index (χ2n) is 4.42. The number of rotatable bonds is 1. The lowest BCUT2D eigenvalue weighted by Gasteiger charge is -2.30. The predicted molar refractivity (Wildman–Crippen MR) is 52.7 cm³/mol. The summed E-state index contributed by atoms with van der Waals surface area (Å²) in [5, 5.41) is 0. The van der Waals surface area contributed by atoms with Crippen molar-refractivity contribution in [2.45, 2.75) is 24.8 Å². The maximum Gasteiger partial charge on any atom is 0.326 e. The first-order valence-corrected chi connectivity index (χ1v) is 5.26. The fourth-order valence-corrected chi connectivity index (χ4v) is 2.71. The number of ether oxygens (including phenoxy) is 1. The molecule has 2 saturated heterocycles. The number of hydrogen-bond acceptors (Lipinski definition) is 4. The molecule has 4 nitrogen and oxygen atoms in total. The van der Waals surface area contributed by atoms with Gasteiger partial charge in [-0.05, 0) is 32.4 Å². The summed E-state index contributed by atoms with van der Waals surface area (Å²) in [5.74, 6) is 0.0590. The standard InChI is InChI=1S/C10H18N2O2/c1-14-9(13)10(11)4-2-5-12-6-3-8(10)7-12/h8H,2-7,11H2,1H3. The Balaban J connectivity index is 2.19. The lowest BCUT2D eigenvalue weighted by Crippen LogP contribution is -2.54. The van der Waals surface area contributed by atoms with Crippen LogP contribution in [0.4, 0.5) is 0 Å². The molecule has 0 saturated carbocycles. The molecule has 2 aliphatic rings. The van der Waals surface area contributed by atoms with Crippen LogP contribution in [0.25, 0.3) is 0 Å². The van der Waals surface area contributed by atoms with E-state index < -0.39 is 5.54 Å². The van der Waals surface area contributed by atoms with E-state index in [2.05, 4.69) is 4.90 Å². The van der Waals surface area contributed by atoms with Gasteiger partial charge in [-0.3, -0.25) is 4.79 Å². The summed E-state index contributed by atoms with van der Waals surface area (Å²) in [7, 11) is 1.43. The summed E-state index contributed by atoms with van der Waals surface area (Å²) >= 11 is 0. The molecule has 0 spiro atoms. The fraction of sp³-hybridized carbons (Fsp3) is 0.900. The summed E-state index contributed by atoms with van der Waals surface area (Å²) < 4.78 is 4.82. The van der Waals surface area contributed by atoms with Crippen LogP contribution in [0.2, 0.25) is 0 Å². The normalized spacial score (nSPS) is 41.9. The minimum Gasteiger partial charge on any atom is -0.468 e. The summed E-state index contributed by atoms with van der Waals surface area (Å²) in [5.41, 5.74) is 5.47. The van der Waals surface area contributed by atoms with E-state index >= 15 is 0 Å². The monoisotopic (exact) mass is 198 g/mol. The van der Waals surface area contributed by atoms with Crippen LogP contribution in [0.1, 0.15) is 19.3 Å². The van der Waals surface area contributed by atoms with Crippen molar-refractivity contribution < 1.29 is 9.53 Å². The molecule has 0 amide bonds. The zero-order valence-corrected chi connectivity index (χ0v) is 8.66. The lowest BCUT2D eigenvalue weighted by molar-refractivity contribution is -0.149. The molecule has 2 rings (SSSR count). The van der Waals surface area contributed by atoms with E-state index in [-0.39, 0.29) is 11.9 Å². The Morgan fingerprint density at radius 1 is 1.57 bits per heavy atom. The Bertz CT molecular complexity index is 244. The average molecular weight is 198 g/mol. The SMILES string of the molecule is COC(=O)C1(N)CCCN2CCC1C2. The third kappa shape index (κ3) is 1.42. The molecular weight excluding hydrogens is 180 g/mol. The predicted octanol–water partition coefficient (Wildman–Crippen LogP) is -0.0274. The molecular formula is C10H18N2O2. The molecule has 3 atom stereocenters. The van der Waals surface area contributed by atoms with Gasteiger partial charge in [0.15, 0.2) is 0 Å². The number of carbonyl (C=O) groups is 1.